The zero-order valence-corrected chi connectivity index (χ0v) is 14.5. The lowest BCUT2D eigenvalue weighted by Crippen LogP contribution is -2.32. The number of fused-ring (bicyclic) bond motifs is 1. The van der Waals surface area contributed by atoms with Crippen molar-refractivity contribution < 1.29 is 9.59 Å². The number of hydrogen-bond donors (Lipinski definition) is 2. The molecule has 2 N–H and O–H groups in total. The fourth-order valence-electron chi connectivity index (χ4n) is 3.33. The molecular formula is C20H20N4O2. The first kappa shape index (κ1) is 16.3. The summed E-state index contributed by atoms with van der Waals surface area (Å²) in [5.74, 6) is -0.453. The molecule has 132 valence electrons. The van der Waals surface area contributed by atoms with Gasteiger partial charge in [0.2, 0.25) is 11.8 Å². The van der Waals surface area contributed by atoms with E-state index in [4.69, 9.17) is 0 Å². The summed E-state index contributed by atoms with van der Waals surface area (Å²) in [4.78, 5) is 26.5. The normalized spacial score (nSPS) is 17.0. The lowest BCUT2D eigenvalue weighted by Gasteiger charge is -2.17. The van der Waals surface area contributed by atoms with Crippen molar-refractivity contribution >= 4 is 28.4 Å². The van der Waals surface area contributed by atoms with Gasteiger partial charge in [0.05, 0.1) is 23.7 Å². The molecule has 1 aliphatic rings. The fraction of sp³-hybridized carbons (Fsp3) is 0.250. The van der Waals surface area contributed by atoms with Crippen molar-refractivity contribution in [2.24, 2.45) is 5.92 Å². The number of benzene rings is 2. The van der Waals surface area contributed by atoms with Crippen molar-refractivity contribution in [1.29, 1.82) is 0 Å². The van der Waals surface area contributed by atoms with Gasteiger partial charge in [-0.1, -0.05) is 35.9 Å². The van der Waals surface area contributed by atoms with Crippen LogP contribution in [0, 0.1) is 12.8 Å². The molecule has 3 aromatic rings. The van der Waals surface area contributed by atoms with Crippen molar-refractivity contribution in [3.8, 4) is 0 Å². The maximum absolute atomic E-state index is 12.5. The van der Waals surface area contributed by atoms with Gasteiger partial charge in [-0.2, -0.15) is 5.10 Å². The molecule has 0 radical (unpaired) electrons. The first-order valence-corrected chi connectivity index (χ1v) is 8.68. The Bertz CT molecular complexity index is 961. The molecule has 2 aromatic carbocycles. The third-order valence-corrected chi connectivity index (χ3v) is 4.82. The zero-order valence-electron chi connectivity index (χ0n) is 14.5. The Labute approximate surface area is 151 Å². The van der Waals surface area contributed by atoms with Gasteiger partial charge >= 0.3 is 0 Å². The van der Waals surface area contributed by atoms with Crippen LogP contribution in [0.5, 0.6) is 0 Å². The highest BCUT2D eigenvalue weighted by Crippen LogP contribution is 2.25. The van der Waals surface area contributed by atoms with Crippen LogP contribution >= 0.6 is 0 Å². The number of aryl methyl sites for hydroxylation is 1. The molecule has 0 bridgehead atoms. The lowest BCUT2D eigenvalue weighted by molar-refractivity contribution is -0.126. The van der Waals surface area contributed by atoms with Gasteiger partial charge in [-0.25, -0.2) is 0 Å². The van der Waals surface area contributed by atoms with Gasteiger partial charge in [0.25, 0.3) is 0 Å². The molecular weight excluding hydrogens is 328 g/mol. The molecule has 6 heteroatoms. The second kappa shape index (κ2) is 6.63. The van der Waals surface area contributed by atoms with E-state index in [0.717, 1.165) is 27.8 Å². The zero-order chi connectivity index (χ0) is 18.1. The van der Waals surface area contributed by atoms with Gasteiger partial charge < -0.3 is 10.2 Å². The summed E-state index contributed by atoms with van der Waals surface area (Å²) in [6.45, 7) is 2.79. The second-order valence-corrected chi connectivity index (χ2v) is 6.68. The number of hydrogen-bond acceptors (Lipinski definition) is 3. The number of nitrogens with zero attached hydrogens (tertiary/aromatic N) is 2. The molecule has 6 nitrogen and oxygen atoms in total. The van der Waals surface area contributed by atoms with Crippen molar-refractivity contribution in [2.75, 3.05) is 11.4 Å². The molecule has 1 saturated heterocycles. The fourth-order valence-corrected chi connectivity index (χ4v) is 3.33. The minimum Gasteiger partial charge on any atom is -0.350 e. The van der Waals surface area contributed by atoms with Crippen molar-refractivity contribution in [1.82, 2.24) is 15.5 Å². The molecule has 0 unspecified atom stereocenters. The highest BCUT2D eigenvalue weighted by atomic mass is 16.2. The van der Waals surface area contributed by atoms with E-state index in [-0.39, 0.29) is 24.2 Å². The number of rotatable bonds is 4. The smallest absolute Gasteiger partial charge is 0.227 e. The van der Waals surface area contributed by atoms with Crippen LogP contribution in [0.1, 0.15) is 17.7 Å². The van der Waals surface area contributed by atoms with E-state index in [1.54, 1.807) is 4.90 Å². The summed E-state index contributed by atoms with van der Waals surface area (Å²) in [6.07, 6.45) is 0.240. The van der Waals surface area contributed by atoms with E-state index in [1.165, 1.54) is 0 Å². The van der Waals surface area contributed by atoms with E-state index >= 15 is 0 Å². The molecule has 1 aliphatic heterocycles. The molecule has 4 rings (SSSR count). The predicted octanol–water partition coefficient (Wildman–Crippen LogP) is 2.54. The van der Waals surface area contributed by atoms with E-state index in [1.807, 2.05) is 55.5 Å². The third kappa shape index (κ3) is 3.06. The molecule has 2 amide bonds. The van der Waals surface area contributed by atoms with Crippen molar-refractivity contribution in [3.63, 3.8) is 0 Å². The average Bonchev–Trinajstić information content (AvgIpc) is 3.24. The summed E-state index contributed by atoms with van der Waals surface area (Å²) < 4.78 is 0. The standard InChI is InChI=1S/C20H20N4O2/c1-13-6-8-15(9-7-13)24-12-14(10-19(24)25)20(26)21-11-18-16-4-2-3-5-17(16)22-23-18/h2-9,14H,10-12H2,1H3,(H,21,26)(H,22,23)/t14-/m0/s1. The molecule has 1 aromatic heterocycles. The Balaban J connectivity index is 1.41. The quantitative estimate of drug-likeness (QED) is 0.760. The number of para-hydroxylation sites is 1. The van der Waals surface area contributed by atoms with Crippen LogP contribution in [-0.4, -0.2) is 28.6 Å². The first-order chi connectivity index (χ1) is 12.6. The van der Waals surface area contributed by atoms with E-state index in [0.29, 0.717) is 13.1 Å². The van der Waals surface area contributed by atoms with Crippen LogP contribution in [0.15, 0.2) is 48.5 Å². The maximum Gasteiger partial charge on any atom is 0.227 e. The van der Waals surface area contributed by atoms with Gasteiger partial charge in [-0.15, -0.1) is 0 Å². The molecule has 0 saturated carbocycles. The Morgan fingerprint density at radius 2 is 2.00 bits per heavy atom. The largest absolute Gasteiger partial charge is 0.350 e. The Hall–Kier alpha value is -3.15. The number of carbonyl (C=O) groups is 2. The second-order valence-electron chi connectivity index (χ2n) is 6.68. The Morgan fingerprint density at radius 3 is 2.81 bits per heavy atom. The first-order valence-electron chi connectivity index (χ1n) is 8.68. The van der Waals surface area contributed by atoms with Crippen LogP contribution in [0.25, 0.3) is 10.9 Å². The van der Waals surface area contributed by atoms with E-state index in [9.17, 15) is 9.59 Å². The van der Waals surface area contributed by atoms with Crippen molar-refractivity contribution in [2.45, 2.75) is 19.9 Å². The van der Waals surface area contributed by atoms with Crippen LogP contribution in [-0.2, 0) is 16.1 Å². The van der Waals surface area contributed by atoms with Gasteiger partial charge in [0.1, 0.15) is 0 Å². The molecule has 1 fully saturated rings. The number of amides is 2. The summed E-state index contributed by atoms with van der Waals surface area (Å²) in [5.41, 5.74) is 3.73. The average molecular weight is 348 g/mol. The van der Waals surface area contributed by atoms with Crippen LogP contribution in [0.4, 0.5) is 5.69 Å². The molecule has 26 heavy (non-hydrogen) atoms. The summed E-state index contributed by atoms with van der Waals surface area (Å²) >= 11 is 0. The molecule has 2 heterocycles. The summed E-state index contributed by atoms with van der Waals surface area (Å²) in [6, 6.07) is 15.5. The Morgan fingerprint density at radius 1 is 1.23 bits per heavy atom. The number of aromatic amines is 1. The summed E-state index contributed by atoms with van der Waals surface area (Å²) in [5, 5.41) is 11.1. The predicted molar refractivity (Wildman–Crippen MR) is 99.6 cm³/mol. The van der Waals surface area contributed by atoms with Gasteiger partial charge in [-0.05, 0) is 25.1 Å². The number of aromatic nitrogens is 2. The molecule has 1 atom stereocenters. The van der Waals surface area contributed by atoms with E-state index in [2.05, 4.69) is 15.5 Å². The minimum atomic E-state index is -0.335. The minimum absolute atomic E-state index is 0.0130. The van der Waals surface area contributed by atoms with Crippen molar-refractivity contribution in [3.05, 3.63) is 59.8 Å². The number of H-pyrrole nitrogens is 1. The highest BCUT2D eigenvalue weighted by Gasteiger charge is 2.35. The molecule has 0 aliphatic carbocycles. The van der Waals surface area contributed by atoms with Crippen LogP contribution in [0.2, 0.25) is 0 Å². The van der Waals surface area contributed by atoms with Gasteiger partial charge in [0, 0.05) is 24.0 Å². The summed E-state index contributed by atoms with van der Waals surface area (Å²) in [7, 11) is 0. The van der Waals surface area contributed by atoms with Gasteiger partial charge in [0.15, 0.2) is 0 Å². The maximum atomic E-state index is 12.5. The number of carbonyl (C=O) groups excluding carboxylic acids is 2. The Kier molecular flexibility index (Phi) is 4.16. The SMILES string of the molecule is Cc1ccc(N2C[C@@H](C(=O)NCc3[nH]nc4ccccc34)CC2=O)cc1. The highest BCUT2D eigenvalue weighted by molar-refractivity contribution is 6.00. The van der Waals surface area contributed by atoms with E-state index < -0.39 is 0 Å². The molecule has 0 spiro atoms. The number of anilines is 1. The van der Waals surface area contributed by atoms with Crippen LogP contribution < -0.4 is 10.2 Å². The number of nitrogens with one attached hydrogen (secondary N) is 2. The topological polar surface area (TPSA) is 78.1 Å². The van der Waals surface area contributed by atoms with Crippen LogP contribution in [0.3, 0.4) is 0 Å². The third-order valence-electron chi connectivity index (χ3n) is 4.82. The monoisotopic (exact) mass is 348 g/mol. The lowest BCUT2D eigenvalue weighted by atomic mass is 10.1. The van der Waals surface area contributed by atoms with Gasteiger partial charge in [-0.3, -0.25) is 14.7 Å².